The molecule has 3 nitrogen and oxygen atoms in total. The predicted octanol–water partition coefficient (Wildman–Crippen LogP) is 2.35. The normalized spacial score (nSPS) is 15.1. The summed E-state index contributed by atoms with van der Waals surface area (Å²) in [5.41, 5.74) is 1.49. The topological polar surface area (TPSA) is 48.3 Å². The molecular formula is C11H16N2OS. The van der Waals surface area contributed by atoms with E-state index >= 15 is 0 Å². The first-order valence-electron chi connectivity index (χ1n) is 4.80. The summed E-state index contributed by atoms with van der Waals surface area (Å²) in [5, 5.41) is 0. The molecule has 4 heteroatoms. The van der Waals surface area contributed by atoms with E-state index in [9.17, 15) is 4.55 Å². The number of nitrogens with zero attached hydrogens (tertiary/aromatic N) is 2. The second-order valence-electron chi connectivity index (χ2n) is 4.25. The fourth-order valence-corrected chi connectivity index (χ4v) is 1.50. The lowest BCUT2D eigenvalue weighted by atomic mass is 10.3. The first kappa shape index (κ1) is 12.2. The maximum Gasteiger partial charge on any atom is 0.144 e. The van der Waals surface area contributed by atoms with Gasteiger partial charge in [0.2, 0.25) is 0 Å². The van der Waals surface area contributed by atoms with E-state index in [0.29, 0.717) is 5.71 Å². The van der Waals surface area contributed by atoms with Crippen LogP contribution in [0.25, 0.3) is 0 Å². The number of hydrogen-bond donors (Lipinski definition) is 0. The Morgan fingerprint density at radius 1 is 1.40 bits per heavy atom. The van der Waals surface area contributed by atoms with Crippen LogP contribution in [0.1, 0.15) is 33.4 Å². The summed E-state index contributed by atoms with van der Waals surface area (Å²) in [7, 11) is 0. The summed E-state index contributed by atoms with van der Waals surface area (Å²) in [6.45, 7) is 7.53. The van der Waals surface area contributed by atoms with Crippen LogP contribution in [0.3, 0.4) is 0 Å². The van der Waals surface area contributed by atoms with Crippen LogP contribution in [0, 0.1) is 0 Å². The van der Waals surface area contributed by atoms with E-state index in [0.717, 1.165) is 5.69 Å². The minimum absolute atomic E-state index is 0.323. The molecule has 0 amide bonds. The van der Waals surface area contributed by atoms with E-state index < -0.39 is 11.4 Å². The second-order valence-corrected chi connectivity index (χ2v) is 6.16. The molecule has 0 aliphatic carbocycles. The first-order chi connectivity index (χ1) is 6.91. The van der Waals surface area contributed by atoms with E-state index in [4.69, 9.17) is 0 Å². The Labute approximate surface area is 94.0 Å². The molecule has 1 rings (SSSR count). The zero-order chi connectivity index (χ0) is 11.5. The van der Waals surface area contributed by atoms with Gasteiger partial charge in [0.15, 0.2) is 0 Å². The molecule has 0 saturated heterocycles. The minimum atomic E-state index is -1.22. The molecule has 0 aliphatic heterocycles. The van der Waals surface area contributed by atoms with Crippen LogP contribution < -0.4 is 0 Å². The van der Waals surface area contributed by atoms with Crippen LogP contribution >= 0.6 is 0 Å². The molecule has 0 unspecified atom stereocenters. The highest BCUT2D eigenvalue weighted by molar-refractivity contribution is 7.91. The van der Waals surface area contributed by atoms with Crippen LogP contribution in [-0.4, -0.2) is 20.0 Å². The SMILES string of the molecule is C/C(=N/[S@+]([O-])C(C)(C)C)c1ccccn1. The first-order valence-corrected chi connectivity index (χ1v) is 5.90. The largest absolute Gasteiger partial charge is 0.591 e. The molecule has 1 aromatic heterocycles. The molecule has 0 bridgehead atoms. The van der Waals surface area contributed by atoms with Gasteiger partial charge < -0.3 is 4.55 Å². The van der Waals surface area contributed by atoms with E-state index in [-0.39, 0.29) is 4.75 Å². The Bertz CT molecular complexity index is 343. The fourth-order valence-electron chi connectivity index (χ4n) is 0.885. The molecule has 15 heavy (non-hydrogen) atoms. The molecule has 0 radical (unpaired) electrons. The Morgan fingerprint density at radius 3 is 2.53 bits per heavy atom. The second kappa shape index (κ2) is 4.77. The molecule has 0 saturated carbocycles. The highest BCUT2D eigenvalue weighted by Crippen LogP contribution is 2.17. The molecule has 1 heterocycles. The smallest absolute Gasteiger partial charge is 0.144 e. The van der Waals surface area contributed by atoms with E-state index in [2.05, 4.69) is 9.38 Å². The number of aromatic nitrogens is 1. The third-order valence-electron chi connectivity index (χ3n) is 1.78. The molecule has 82 valence electrons. The van der Waals surface area contributed by atoms with Gasteiger partial charge in [0, 0.05) is 6.20 Å². The average Bonchev–Trinajstić information content (AvgIpc) is 2.17. The van der Waals surface area contributed by atoms with Gasteiger partial charge in [0.05, 0.1) is 5.69 Å². The fraction of sp³-hybridized carbons (Fsp3) is 0.455. The van der Waals surface area contributed by atoms with Gasteiger partial charge in [-0.05, 0) is 39.8 Å². The lowest BCUT2D eigenvalue weighted by molar-refractivity contribution is 0.561. The van der Waals surface area contributed by atoms with E-state index in [1.165, 1.54) is 0 Å². The van der Waals surface area contributed by atoms with Gasteiger partial charge in [0.1, 0.15) is 21.8 Å². The Kier molecular flexibility index (Phi) is 3.88. The van der Waals surface area contributed by atoms with Crippen LogP contribution in [0.5, 0.6) is 0 Å². The van der Waals surface area contributed by atoms with Gasteiger partial charge >= 0.3 is 0 Å². The zero-order valence-corrected chi connectivity index (χ0v) is 10.3. The summed E-state index contributed by atoms with van der Waals surface area (Å²) in [4.78, 5) is 4.15. The molecule has 0 aromatic carbocycles. The lowest BCUT2D eigenvalue weighted by Crippen LogP contribution is -2.26. The number of rotatable bonds is 2. The maximum absolute atomic E-state index is 11.7. The third kappa shape index (κ3) is 3.64. The van der Waals surface area contributed by atoms with Crippen LogP contribution in [0.2, 0.25) is 0 Å². The van der Waals surface area contributed by atoms with Crippen molar-refractivity contribution in [3.63, 3.8) is 0 Å². The summed E-state index contributed by atoms with van der Waals surface area (Å²) >= 11 is -1.22. The molecule has 0 fully saturated rings. The third-order valence-corrected chi connectivity index (χ3v) is 3.27. The predicted molar refractivity (Wildman–Crippen MR) is 64.3 cm³/mol. The van der Waals surface area contributed by atoms with Crippen molar-refractivity contribution in [1.82, 2.24) is 4.98 Å². The van der Waals surface area contributed by atoms with Gasteiger partial charge in [-0.3, -0.25) is 4.98 Å². The quantitative estimate of drug-likeness (QED) is 0.572. The van der Waals surface area contributed by atoms with Crippen LogP contribution in [-0.2, 0) is 11.4 Å². The van der Waals surface area contributed by atoms with Crippen molar-refractivity contribution in [3.8, 4) is 0 Å². The maximum atomic E-state index is 11.7. The lowest BCUT2D eigenvalue weighted by Gasteiger charge is -2.18. The highest BCUT2D eigenvalue weighted by Gasteiger charge is 2.26. The van der Waals surface area contributed by atoms with Crippen molar-refractivity contribution < 1.29 is 4.55 Å². The van der Waals surface area contributed by atoms with E-state index in [1.807, 2.05) is 45.9 Å². The number of pyridine rings is 1. The minimum Gasteiger partial charge on any atom is -0.591 e. The Morgan fingerprint density at radius 2 is 2.07 bits per heavy atom. The molecular weight excluding hydrogens is 208 g/mol. The molecule has 1 atom stereocenters. The van der Waals surface area contributed by atoms with Gasteiger partial charge in [0.25, 0.3) is 0 Å². The molecule has 0 spiro atoms. The summed E-state index contributed by atoms with van der Waals surface area (Å²) in [5.74, 6) is 0. The summed E-state index contributed by atoms with van der Waals surface area (Å²) in [6, 6.07) is 5.59. The van der Waals surface area contributed by atoms with Gasteiger partial charge in [-0.25, -0.2) is 0 Å². The molecule has 1 aromatic rings. The van der Waals surface area contributed by atoms with Crippen molar-refractivity contribution in [2.24, 2.45) is 4.40 Å². The van der Waals surface area contributed by atoms with Gasteiger partial charge in [-0.2, -0.15) is 0 Å². The Balaban J connectivity index is 2.86. The highest BCUT2D eigenvalue weighted by atomic mass is 32.2. The van der Waals surface area contributed by atoms with Crippen molar-refractivity contribution in [2.75, 3.05) is 0 Å². The van der Waals surface area contributed by atoms with Crippen molar-refractivity contribution in [3.05, 3.63) is 30.1 Å². The van der Waals surface area contributed by atoms with E-state index in [1.54, 1.807) is 6.20 Å². The average molecular weight is 224 g/mol. The van der Waals surface area contributed by atoms with Crippen molar-refractivity contribution >= 4 is 17.1 Å². The van der Waals surface area contributed by atoms with Gasteiger partial charge in [-0.1, -0.05) is 10.5 Å². The molecule has 0 aliphatic rings. The monoisotopic (exact) mass is 224 g/mol. The summed E-state index contributed by atoms with van der Waals surface area (Å²) in [6.07, 6.45) is 1.70. The number of hydrogen-bond acceptors (Lipinski definition) is 3. The Hall–Kier alpha value is -0.870. The summed E-state index contributed by atoms with van der Waals surface area (Å²) < 4.78 is 15.6. The van der Waals surface area contributed by atoms with Crippen molar-refractivity contribution in [2.45, 2.75) is 32.4 Å². The van der Waals surface area contributed by atoms with Crippen LogP contribution in [0.4, 0.5) is 0 Å². The molecule has 0 N–H and O–H groups in total. The standard InChI is InChI=1S/C11H16N2OS/c1-9(10-7-5-6-8-12-10)13-15(14)11(2,3)4/h5-8H,1-4H3/b13-9-/t15-/m1/s1. The zero-order valence-electron chi connectivity index (χ0n) is 9.52. The van der Waals surface area contributed by atoms with Crippen LogP contribution in [0.15, 0.2) is 28.8 Å². The van der Waals surface area contributed by atoms with Crippen molar-refractivity contribution in [1.29, 1.82) is 0 Å². The van der Waals surface area contributed by atoms with Gasteiger partial charge in [-0.15, -0.1) is 0 Å².